The molecule has 0 aliphatic heterocycles. The predicted molar refractivity (Wildman–Crippen MR) is 64.0 cm³/mol. The Morgan fingerprint density at radius 3 is 2.64 bits per heavy atom. The summed E-state index contributed by atoms with van der Waals surface area (Å²) in [7, 11) is 1.76. The monoisotopic (exact) mass is 256 g/mol. The molecule has 0 fully saturated rings. The van der Waals surface area contributed by atoms with Crippen LogP contribution >= 0.6 is 15.9 Å². The summed E-state index contributed by atoms with van der Waals surface area (Å²) >= 11 is 3.52. The topological polar surface area (TPSA) is 9.23 Å². The summed E-state index contributed by atoms with van der Waals surface area (Å²) in [6.45, 7) is 2.98. The van der Waals surface area contributed by atoms with Gasteiger partial charge >= 0.3 is 0 Å². The number of hydrogen-bond donors (Lipinski definition) is 0. The van der Waals surface area contributed by atoms with Crippen molar-refractivity contribution in [2.45, 2.75) is 13.3 Å². The van der Waals surface area contributed by atoms with E-state index in [1.165, 1.54) is 11.1 Å². The summed E-state index contributed by atoms with van der Waals surface area (Å²) in [5, 5.41) is 0.995. The molecular formula is C12H17BrO. The van der Waals surface area contributed by atoms with Gasteiger partial charge in [-0.25, -0.2) is 0 Å². The molecule has 0 N–H and O–H groups in total. The highest BCUT2D eigenvalue weighted by atomic mass is 79.9. The van der Waals surface area contributed by atoms with Crippen LogP contribution in [-0.4, -0.2) is 19.0 Å². The second kappa shape index (κ2) is 6.20. The molecular weight excluding hydrogens is 240 g/mol. The van der Waals surface area contributed by atoms with E-state index in [0.29, 0.717) is 5.92 Å². The van der Waals surface area contributed by atoms with Crippen molar-refractivity contribution in [3.63, 3.8) is 0 Å². The zero-order valence-electron chi connectivity index (χ0n) is 8.79. The molecule has 0 amide bonds. The van der Waals surface area contributed by atoms with Gasteiger partial charge in [0.05, 0.1) is 6.61 Å². The Bertz CT molecular complexity index is 273. The minimum absolute atomic E-state index is 0.570. The van der Waals surface area contributed by atoms with Crippen molar-refractivity contribution in [2.24, 2.45) is 5.92 Å². The van der Waals surface area contributed by atoms with Crippen molar-refractivity contribution >= 4 is 15.9 Å². The third-order valence-electron chi connectivity index (χ3n) is 2.39. The van der Waals surface area contributed by atoms with E-state index in [-0.39, 0.29) is 0 Å². The van der Waals surface area contributed by atoms with Crippen molar-refractivity contribution in [3.05, 3.63) is 35.4 Å². The Morgan fingerprint density at radius 2 is 2.07 bits per heavy atom. The Labute approximate surface area is 94.6 Å². The van der Waals surface area contributed by atoms with Crippen molar-refractivity contribution in [3.8, 4) is 0 Å². The number of benzene rings is 1. The smallest absolute Gasteiger partial charge is 0.0501 e. The van der Waals surface area contributed by atoms with Gasteiger partial charge < -0.3 is 4.74 Å². The van der Waals surface area contributed by atoms with Crippen molar-refractivity contribution in [1.29, 1.82) is 0 Å². The van der Waals surface area contributed by atoms with Crippen LogP contribution in [-0.2, 0) is 11.2 Å². The molecule has 1 aromatic carbocycles. The van der Waals surface area contributed by atoms with E-state index in [1.54, 1.807) is 7.11 Å². The van der Waals surface area contributed by atoms with Crippen molar-refractivity contribution < 1.29 is 4.74 Å². The summed E-state index contributed by atoms with van der Waals surface area (Å²) in [5.74, 6) is 0.570. The van der Waals surface area contributed by atoms with E-state index in [9.17, 15) is 0 Å². The molecule has 1 nitrogen and oxygen atoms in total. The third-order valence-corrected chi connectivity index (χ3v) is 3.31. The molecule has 0 heterocycles. The van der Waals surface area contributed by atoms with Gasteiger partial charge in [0.1, 0.15) is 0 Å². The summed E-state index contributed by atoms with van der Waals surface area (Å²) in [4.78, 5) is 0. The van der Waals surface area contributed by atoms with E-state index in [0.717, 1.165) is 18.4 Å². The number of hydrogen-bond acceptors (Lipinski definition) is 1. The minimum atomic E-state index is 0.570. The number of alkyl halides is 1. The van der Waals surface area contributed by atoms with Gasteiger partial charge in [0.25, 0.3) is 0 Å². The fourth-order valence-corrected chi connectivity index (χ4v) is 1.96. The first-order chi connectivity index (χ1) is 6.77. The Hall–Kier alpha value is -0.340. The first-order valence-electron chi connectivity index (χ1n) is 4.87. The van der Waals surface area contributed by atoms with Gasteiger partial charge in [0.2, 0.25) is 0 Å². The lowest BCUT2D eigenvalue weighted by Crippen LogP contribution is -2.13. The highest BCUT2D eigenvalue weighted by Crippen LogP contribution is 2.15. The summed E-state index contributed by atoms with van der Waals surface area (Å²) < 4.78 is 5.18. The van der Waals surface area contributed by atoms with Gasteiger partial charge in [0, 0.05) is 12.4 Å². The van der Waals surface area contributed by atoms with Gasteiger partial charge in [-0.1, -0.05) is 40.2 Å². The molecule has 1 rings (SSSR count). The van der Waals surface area contributed by atoms with Gasteiger partial charge in [-0.15, -0.1) is 0 Å². The number of aryl methyl sites for hydroxylation is 1. The van der Waals surface area contributed by atoms with Crippen LogP contribution in [0.15, 0.2) is 24.3 Å². The first-order valence-corrected chi connectivity index (χ1v) is 5.99. The molecule has 1 aromatic rings. The highest BCUT2D eigenvalue weighted by molar-refractivity contribution is 9.09. The van der Waals surface area contributed by atoms with Gasteiger partial charge in [-0.05, 0) is 30.4 Å². The lowest BCUT2D eigenvalue weighted by atomic mass is 9.98. The molecule has 0 aliphatic rings. The fourth-order valence-electron chi connectivity index (χ4n) is 1.54. The van der Waals surface area contributed by atoms with Gasteiger partial charge in [-0.2, -0.15) is 0 Å². The Morgan fingerprint density at radius 1 is 1.36 bits per heavy atom. The maximum Gasteiger partial charge on any atom is 0.0501 e. The number of ether oxygens (including phenoxy) is 1. The standard InChI is InChI=1S/C12H17BrO/c1-10-5-3-4-6-12(10)7-11(8-13)9-14-2/h3-6,11H,7-9H2,1-2H3. The molecule has 0 radical (unpaired) electrons. The third kappa shape index (κ3) is 3.43. The Balaban J connectivity index is 2.62. The maximum atomic E-state index is 5.18. The van der Waals surface area contributed by atoms with E-state index in [1.807, 2.05) is 0 Å². The second-order valence-corrected chi connectivity index (χ2v) is 4.25. The zero-order valence-corrected chi connectivity index (χ0v) is 10.4. The van der Waals surface area contributed by atoms with E-state index in [2.05, 4.69) is 47.1 Å². The maximum absolute atomic E-state index is 5.18. The number of halogens is 1. The quantitative estimate of drug-likeness (QED) is 0.736. The van der Waals surface area contributed by atoms with Crippen LogP contribution in [0.1, 0.15) is 11.1 Å². The van der Waals surface area contributed by atoms with Gasteiger partial charge in [0.15, 0.2) is 0 Å². The zero-order chi connectivity index (χ0) is 10.4. The first kappa shape index (κ1) is 11.7. The van der Waals surface area contributed by atoms with Crippen LogP contribution in [0.3, 0.4) is 0 Å². The molecule has 78 valence electrons. The molecule has 0 saturated heterocycles. The van der Waals surface area contributed by atoms with E-state index < -0.39 is 0 Å². The number of methoxy groups -OCH3 is 1. The van der Waals surface area contributed by atoms with Gasteiger partial charge in [-0.3, -0.25) is 0 Å². The van der Waals surface area contributed by atoms with Crippen LogP contribution in [0.5, 0.6) is 0 Å². The fraction of sp³-hybridized carbons (Fsp3) is 0.500. The summed E-state index contributed by atoms with van der Waals surface area (Å²) in [6.07, 6.45) is 1.09. The van der Waals surface area contributed by atoms with E-state index in [4.69, 9.17) is 4.74 Å². The van der Waals surface area contributed by atoms with Crippen molar-refractivity contribution in [1.82, 2.24) is 0 Å². The van der Waals surface area contributed by atoms with Crippen molar-refractivity contribution in [2.75, 3.05) is 19.0 Å². The molecule has 1 atom stereocenters. The molecule has 1 unspecified atom stereocenters. The molecule has 0 saturated carbocycles. The molecule has 0 bridgehead atoms. The summed E-state index contributed by atoms with van der Waals surface area (Å²) in [6, 6.07) is 8.53. The van der Waals surface area contributed by atoms with E-state index >= 15 is 0 Å². The highest BCUT2D eigenvalue weighted by Gasteiger charge is 2.08. The molecule has 0 spiro atoms. The number of rotatable bonds is 5. The molecule has 0 aromatic heterocycles. The van der Waals surface area contributed by atoms with Crippen LogP contribution in [0.25, 0.3) is 0 Å². The van der Waals surface area contributed by atoms with Crippen LogP contribution in [0.2, 0.25) is 0 Å². The average Bonchev–Trinajstić information content (AvgIpc) is 2.20. The lowest BCUT2D eigenvalue weighted by molar-refractivity contribution is 0.162. The predicted octanol–water partition coefficient (Wildman–Crippen LogP) is 3.20. The van der Waals surface area contributed by atoms with Crippen LogP contribution < -0.4 is 0 Å². The normalized spacial score (nSPS) is 12.8. The minimum Gasteiger partial charge on any atom is -0.384 e. The largest absolute Gasteiger partial charge is 0.384 e. The van der Waals surface area contributed by atoms with Crippen LogP contribution in [0.4, 0.5) is 0 Å². The Kier molecular flexibility index (Phi) is 5.20. The molecule has 0 aliphatic carbocycles. The SMILES string of the molecule is COCC(CBr)Cc1ccccc1C. The average molecular weight is 257 g/mol. The second-order valence-electron chi connectivity index (χ2n) is 3.61. The molecule has 2 heteroatoms. The lowest BCUT2D eigenvalue weighted by Gasteiger charge is -2.14. The molecule has 14 heavy (non-hydrogen) atoms. The summed E-state index contributed by atoms with van der Waals surface area (Å²) in [5.41, 5.74) is 2.79. The van der Waals surface area contributed by atoms with Crippen LogP contribution in [0, 0.1) is 12.8 Å².